The maximum Gasteiger partial charge on any atom is 0.0635 e. The molecule has 58 valence electrons. The van der Waals surface area contributed by atoms with E-state index in [1.807, 2.05) is 0 Å². The van der Waals surface area contributed by atoms with Crippen LogP contribution in [0.15, 0.2) is 0 Å². The summed E-state index contributed by atoms with van der Waals surface area (Å²) in [5.74, 6) is 0. The molecule has 0 amide bonds. The Kier molecular flexibility index (Phi) is 7.42. The summed E-state index contributed by atoms with van der Waals surface area (Å²) in [6, 6.07) is 2.15. The molecule has 10 heavy (non-hydrogen) atoms. The molecule has 0 unspecified atom stereocenters. The van der Waals surface area contributed by atoms with Crippen molar-refractivity contribution in [3.63, 3.8) is 0 Å². The van der Waals surface area contributed by atoms with Gasteiger partial charge >= 0.3 is 0 Å². The van der Waals surface area contributed by atoms with E-state index in [1.165, 1.54) is 0 Å². The van der Waals surface area contributed by atoms with Gasteiger partial charge in [-0.05, 0) is 6.54 Å². The number of halogens is 1. The number of rotatable bonds is 5. The Morgan fingerprint density at radius 3 is 2.60 bits per heavy atom. The lowest BCUT2D eigenvalue weighted by Gasteiger charge is -2.16. The second-order valence-electron chi connectivity index (χ2n) is 2.03. The molecule has 0 bridgehead atoms. The van der Waals surface area contributed by atoms with Crippen molar-refractivity contribution in [2.75, 3.05) is 24.1 Å². The molecular weight excluding hydrogens is 239 g/mol. The molecule has 0 aromatic rings. The highest BCUT2D eigenvalue weighted by Crippen LogP contribution is 1.92. The van der Waals surface area contributed by atoms with Gasteiger partial charge in [-0.15, -0.1) is 0 Å². The quantitative estimate of drug-likeness (QED) is 0.549. The Balaban J connectivity index is 3.32. The van der Waals surface area contributed by atoms with Gasteiger partial charge in [-0.3, -0.25) is 0 Å². The zero-order chi connectivity index (χ0) is 7.82. The van der Waals surface area contributed by atoms with Crippen LogP contribution < -0.4 is 0 Å². The molecule has 0 radical (unpaired) electrons. The molecule has 0 aromatic carbocycles. The fourth-order valence-corrected chi connectivity index (χ4v) is 1.44. The molecule has 0 atom stereocenters. The SMILES string of the molecule is CCN(CCI)CCC#N. The average molecular weight is 252 g/mol. The van der Waals surface area contributed by atoms with Crippen molar-refractivity contribution in [3.8, 4) is 6.07 Å². The van der Waals surface area contributed by atoms with Crippen LogP contribution in [0.2, 0.25) is 0 Å². The van der Waals surface area contributed by atoms with Crippen molar-refractivity contribution in [2.45, 2.75) is 13.3 Å². The van der Waals surface area contributed by atoms with Crippen molar-refractivity contribution < 1.29 is 0 Å². The Morgan fingerprint density at radius 2 is 2.20 bits per heavy atom. The number of nitrogens with zero attached hydrogens (tertiary/aromatic N) is 2. The third-order valence-corrected chi connectivity index (χ3v) is 1.87. The fourth-order valence-electron chi connectivity index (χ4n) is 0.756. The summed E-state index contributed by atoms with van der Waals surface area (Å²) in [5.41, 5.74) is 0. The first-order valence-electron chi connectivity index (χ1n) is 3.50. The van der Waals surface area contributed by atoms with Gasteiger partial charge in [-0.1, -0.05) is 29.5 Å². The van der Waals surface area contributed by atoms with E-state index in [4.69, 9.17) is 5.26 Å². The molecule has 3 heteroatoms. The first-order chi connectivity index (χ1) is 4.85. The summed E-state index contributed by atoms with van der Waals surface area (Å²) in [4.78, 5) is 2.29. The predicted molar refractivity (Wildman–Crippen MR) is 51.2 cm³/mol. The zero-order valence-corrected chi connectivity index (χ0v) is 8.47. The molecule has 0 spiro atoms. The van der Waals surface area contributed by atoms with Gasteiger partial charge in [-0.2, -0.15) is 5.26 Å². The van der Waals surface area contributed by atoms with Crippen LogP contribution in [0.5, 0.6) is 0 Å². The first kappa shape index (κ1) is 10.2. The topological polar surface area (TPSA) is 27.0 Å². The third-order valence-electron chi connectivity index (χ3n) is 1.39. The van der Waals surface area contributed by atoms with Gasteiger partial charge in [0.25, 0.3) is 0 Å². The molecule has 0 fully saturated rings. The molecule has 0 saturated carbocycles. The van der Waals surface area contributed by atoms with Crippen molar-refractivity contribution in [1.29, 1.82) is 5.26 Å². The lowest BCUT2D eigenvalue weighted by atomic mass is 10.4. The molecule has 0 aliphatic rings. The summed E-state index contributed by atoms with van der Waals surface area (Å²) in [6.45, 7) is 5.23. The number of nitriles is 1. The number of alkyl halides is 1. The summed E-state index contributed by atoms with van der Waals surface area (Å²) < 4.78 is 1.15. The largest absolute Gasteiger partial charge is 0.302 e. The van der Waals surface area contributed by atoms with Crippen molar-refractivity contribution >= 4 is 22.6 Å². The van der Waals surface area contributed by atoms with Gasteiger partial charge < -0.3 is 4.90 Å². The monoisotopic (exact) mass is 252 g/mol. The molecule has 0 aliphatic carbocycles. The van der Waals surface area contributed by atoms with Crippen LogP contribution in [-0.2, 0) is 0 Å². The minimum absolute atomic E-state index is 0.657. The molecule has 0 N–H and O–H groups in total. The van der Waals surface area contributed by atoms with E-state index in [0.29, 0.717) is 6.42 Å². The Hall–Kier alpha value is 0.180. The van der Waals surface area contributed by atoms with Gasteiger partial charge in [0.2, 0.25) is 0 Å². The Morgan fingerprint density at radius 1 is 1.50 bits per heavy atom. The summed E-state index contributed by atoms with van der Waals surface area (Å²) in [5, 5.41) is 8.30. The van der Waals surface area contributed by atoms with Gasteiger partial charge in [0, 0.05) is 23.9 Å². The normalized spacial score (nSPS) is 9.80. The van der Waals surface area contributed by atoms with Gasteiger partial charge in [0.05, 0.1) is 6.07 Å². The van der Waals surface area contributed by atoms with Crippen LogP contribution in [0.3, 0.4) is 0 Å². The van der Waals surface area contributed by atoms with E-state index in [1.54, 1.807) is 0 Å². The molecule has 0 rings (SSSR count). The molecule has 0 heterocycles. The highest BCUT2D eigenvalue weighted by molar-refractivity contribution is 14.1. The lowest BCUT2D eigenvalue weighted by Crippen LogP contribution is -2.26. The van der Waals surface area contributed by atoms with Crippen LogP contribution in [0.1, 0.15) is 13.3 Å². The summed E-state index contributed by atoms with van der Waals surface area (Å²) >= 11 is 2.35. The second kappa shape index (κ2) is 7.29. The zero-order valence-electron chi connectivity index (χ0n) is 6.31. The lowest BCUT2D eigenvalue weighted by molar-refractivity contribution is 0.315. The van der Waals surface area contributed by atoms with Crippen LogP contribution in [0, 0.1) is 11.3 Å². The fraction of sp³-hybridized carbons (Fsp3) is 0.857. The molecular formula is C7H13IN2. The van der Waals surface area contributed by atoms with Gasteiger partial charge in [-0.25, -0.2) is 0 Å². The van der Waals surface area contributed by atoms with Crippen LogP contribution in [0.4, 0.5) is 0 Å². The second-order valence-corrected chi connectivity index (χ2v) is 3.11. The van der Waals surface area contributed by atoms with Gasteiger partial charge in [0.15, 0.2) is 0 Å². The minimum Gasteiger partial charge on any atom is -0.302 e. The van der Waals surface area contributed by atoms with E-state index in [0.717, 1.165) is 24.1 Å². The molecule has 0 aliphatic heterocycles. The van der Waals surface area contributed by atoms with E-state index >= 15 is 0 Å². The van der Waals surface area contributed by atoms with E-state index in [9.17, 15) is 0 Å². The third kappa shape index (κ3) is 5.00. The molecule has 2 nitrogen and oxygen atoms in total. The average Bonchev–Trinajstić information content (AvgIpc) is 1.98. The van der Waals surface area contributed by atoms with E-state index < -0.39 is 0 Å². The maximum absolute atomic E-state index is 8.30. The Bertz CT molecular complexity index is 109. The molecule has 0 saturated heterocycles. The van der Waals surface area contributed by atoms with Crippen LogP contribution >= 0.6 is 22.6 Å². The summed E-state index contributed by atoms with van der Waals surface area (Å²) in [6.07, 6.45) is 0.657. The standard InChI is InChI=1S/C7H13IN2/c1-2-10(7-4-8)6-3-5-9/h2-4,6-7H2,1H3. The predicted octanol–water partition coefficient (Wildman–Crippen LogP) is 1.66. The number of hydrogen-bond donors (Lipinski definition) is 0. The van der Waals surface area contributed by atoms with Crippen molar-refractivity contribution in [3.05, 3.63) is 0 Å². The van der Waals surface area contributed by atoms with Crippen molar-refractivity contribution in [2.24, 2.45) is 0 Å². The van der Waals surface area contributed by atoms with Crippen LogP contribution in [-0.4, -0.2) is 29.0 Å². The van der Waals surface area contributed by atoms with Crippen molar-refractivity contribution in [1.82, 2.24) is 4.90 Å². The van der Waals surface area contributed by atoms with E-state index in [-0.39, 0.29) is 0 Å². The van der Waals surface area contributed by atoms with Crippen LogP contribution in [0.25, 0.3) is 0 Å². The highest BCUT2D eigenvalue weighted by Gasteiger charge is 1.98. The highest BCUT2D eigenvalue weighted by atomic mass is 127. The number of hydrogen-bond acceptors (Lipinski definition) is 2. The Labute approximate surface area is 76.3 Å². The molecule has 0 aromatic heterocycles. The maximum atomic E-state index is 8.30. The minimum atomic E-state index is 0.657. The first-order valence-corrected chi connectivity index (χ1v) is 5.03. The smallest absolute Gasteiger partial charge is 0.0635 e. The van der Waals surface area contributed by atoms with Gasteiger partial charge in [0.1, 0.15) is 0 Å². The van der Waals surface area contributed by atoms with E-state index in [2.05, 4.69) is 40.5 Å². The summed E-state index contributed by atoms with van der Waals surface area (Å²) in [7, 11) is 0.